The monoisotopic (exact) mass is 539 g/mol. The van der Waals surface area contributed by atoms with E-state index in [4.69, 9.17) is 33.3 Å². The Hall–Kier alpha value is -2.21. The predicted octanol–water partition coefficient (Wildman–Crippen LogP) is 5.48. The Morgan fingerprint density at radius 1 is 0.973 bits per heavy atom. The van der Waals surface area contributed by atoms with Crippen LogP contribution in [0.5, 0.6) is 0 Å². The van der Waals surface area contributed by atoms with Gasteiger partial charge in [-0.1, -0.05) is 88.9 Å². The van der Waals surface area contributed by atoms with Crippen molar-refractivity contribution in [2.45, 2.75) is 51.2 Å². The Bertz CT molecular complexity index is 1190. The Kier molecular flexibility index (Phi) is 9.44. The fourth-order valence-corrected chi connectivity index (χ4v) is 5.64. The number of likely N-dealkylation sites (tertiary alicyclic amines) is 1. The second-order valence-electron chi connectivity index (χ2n) is 10.3. The average molecular weight is 541 g/mol. The summed E-state index contributed by atoms with van der Waals surface area (Å²) in [4.78, 5) is 2.41. The molecule has 1 saturated heterocycles. The van der Waals surface area contributed by atoms with Crippen LogP contribution < -0.4 is 5.41 Å². The minimum absolute atomic E-state index is 0.0102. The van der Waals surface area contributed by atoms with E-state index in [0.717, 1.165) is 48.5 Å². The first-order valence-corrected chi connectivity index (χ1v) is 13.7. The van der Waals surface area contributed by atoms with Gasteiger partial charge in [-0.25, -0.2) is 0 Å². The summed E-state index contributed by atoms with van der Waals surface area (Å²) in [6, 6.07) is 22.2. The van der Waals surface area contributed by atoms with Crippen molar-refractivity contribution in [3.63, 3.8) is 0 Å². The lowest BCUT2D eigenvalue weighted by Gasteiger charge is -2.39. The van der Waals surface area contributed by atoms with E-state index in [9.17, 15) is 5.11 Å². The van der Waals surface area contributed by atoms with Gasteiger partial charge in [0, 0.05) is 13.1 Å². The number of aryl methyl sites for hydroxylation is 2. The molecule has 0 bridgehead atoms. The molecule has 3 aromatic rings. The van der Waals surface area contributed by atoms with Crippen LogP contribution in [0.4, 0.5) is 0 Å². The molecule has 1 aliphatic heterocycles. The van der Waals surface area contributed by atoms with Gasteiger partial charge in [0.15, 0.2) is 5.71 Å². The highest BCUT2D eigenvalue weighted by atomic mass is 35.5. The van der Waals surface area contributed by atoms with E-state index in [1.54, 1.807) is 0 Å². The van der Waals surface area contributed by atoms with E-state index >= 15 is 0 Å². The molecule has 196 valence electrons. The Balaban J connectivity index is 1.38. The van der Waals surface area contributed by atoms with Crippen molar-refractivity contribution in [1.29, 1.82) is 0 Å². The van der Waals surface area contributed by atoms with Crippen LogP contribution in [0, 0.1) is 13.8 Å². The lowest BCUT2D eigenvalue weighted by atomic mass is 9.84. The van der Waals surface area contributed by atoms with Crippen LogP contribution in [0.1, 0.15) is 53.0 Å². The van der Waals surface area contributed by atoms with Crippen LogP contribution >= 0.6 is 23.2 Å². The van der Waals surface area contributed by atoms with Gasteiger partial charge in [-0.3, -0.25) is 5.41 Å². The molecule has 0 aromatic heterocycles. The number of piperidine rings is 1. The molecule has 3 N–H and O–H groups in total. The summed E-state index contributed by atoms with van der Waals surface area (Å²) < 4.78 is 6.05. The van der Waals surface area contributed by atoms with Gasteiger partial charge in [0.25, 0.3) is 0 Å². The maximum Gasteiger partial charge on any atom is 0.182 e. The molecule has 0 spiro atoms. The SMILES string of the molecule is Cc1cc(C)cc(COCC(=[NH2+])C(CCN2CCC(O)(c3ccccc3)CC2)c2ccc(Cl)c(Cl)c2)c1. The largest absolute Gasteiger partial charge is 0.385 e. The molecule has 4 nitrogen and oxygen atoms in total. The highest BCUT2D eigenvalue weighted by Gasteiger charge is 2.34. The molecule has 3 aromatic carbocycles. The van der Waals surface area contributed by atoms with E-state index in [0.29, 0.717) is 36.1 Å². The number of rotatable bonds is 10. The number of hydrogen-bond acceptors (Lipinski definition) is 3. The second-order valence-corrected chi connectivity index (χ2v) is 11.1. The van der Waals surface area contributed by atoms with Gasteiger partial charge in [-0.05, 0) is 68.5 Å². The molecule has 1 fully saturated rings. The molecule has 1 atom stereocenters. The van der Waals surface area contributed by atoms with Gasteiger partial charge >= 0.3 is 0 Å². The van der Waals surface area contributed by atoms with Crippen LogP contribution in [0.25, 0.3) is 0 Å². The van der Waals surface area contributed by atoms with Gasteiger partial charge in [0.05, 0.1) is 28.2 Å². The maximum absolute atomic E-state index is 11.2. The quantitative estimate of drug-likeness (QED) is 0.335. The van der Waals surface area contributed by atoms with Crippen LogP contribution in [0.2, 0.25) is 10.0 Å². The third-order valence-corrected chi connectivity index (χ3v) is 8.08. The topological polar surface area (TPSA) is 58.3 Å². The van der Waals surface area contributed by atoms with Crippen molar-refractivity contribution in [2.75, 3.05) is 26.2 Å². The summed E-state index contributed by atoms with van der Waals surface area (Å²) in [7, 11) is 0. The van der Waals surface area contributed by atoms with Crippen molar-refractivity contribution in [2.24, 2.45) is 0 Å². The molecule has 0 saturated carbocycles. The summed E-state index contributed by atoms with van der Waals surface area (Å²) in [6.07, 6.45) is 2.26. The van der Waals surface area contributed by atoms with Gasteiger partial charge in [0.2, 0.25) is 0 Å². The number of nitrogens with zero attached hydrogens (tertiary/aromatic N) is 1. The van der Waals surface area contributed by atoms with Crippen LogP contribution in [0.15, 0.2) is 66.7 Å². The van der Waals surface area contributed by atoms with Gasteiger partial charge in [0.1, 0.15) is 6.61 Å². The number of ether oxygens (including phenoxy) is 1. The lowest BCUT2D eigenvalue weighted by Crippen LogP contribution is -2.48. The van der Waals surface area contributed by atoms with E-state index < -0.39 is 5.60 Å². The van der Waals surface area contributed by atoms with Crippen LogP contribution in [-0.2, 0) is 16.9 Å². The average Bonchev–Trinajstić information content (AvgIpc) is 2.87. The van der Waals surface area contributed by atoms with Crippen molar-refractivity contribution in [3.8, 4) is 0 Å². The van der Waals surface area contributed by atoms with E-state index in [1.165, 1.54) is 11.1 Å². The van der Waals surface area contributed by atoms with E-state index in [2.05, 4.69) is 36.9 Å². The lowest BCUT2D eigenvalue weighted by molar-refractivity contribution is -0.125. The maximum atomic E-state index is 11.2. The molecule has 6 heteroatoms. The highest BCUT2D eigenvalue weighted by Crippen LogP contribution is 2.34. The normalized spacial score (nSPS) is 16.5. The minimum atomic E-state index is -0.756. The number of nitrogens with two attached hydrogens (primary N) is 1. The van der Waals surface area contributed by atoms with Crippen molar-refractivity contribution in [1.82, 2.24) is 4.90 Å². The highest BCUT2D eigenvalue weighted by molar-refractivity contribution is 6.42. The fraction of sp³-hybridized carbons (Fsp3) is 0.387. The zero-order valence-electron chi connectivity index (χ0n) is 21.7. The molecule has 1 aliphatic rings. The molecular formula is C31H37Cl2N2O2+. The number of aliphatic hydroxyl groups is 1. The zero-order valence-corrected chi connectivity index (χ0v) is 23.2. The number of benzene rings is 3. The van der Waals surface area contributed by atoms with Crippen molar-refractivity contribution < 1.29 is 15.3 Å². The van der Waals surface area contributed by atoms with E-state index in [1.807, 2.05) is 48.5 Å². The number of hydrogen-bond donors (Lipinski definition) is 2. The zero-order chi connectivity index (χ0) is 26.4. The Morgan fingerprint density at radius 3 is 2.30 bits per heavy atom. The molecule has 4 rings (SSSR count). The summed E-state index contributed by atoms with van der Waals surface area (Å²) in [5.74, 6) is -0.0102. The smallest absolute Gasteiger partial charge is 0.182 e. The summed E-state index contributed by atoms with van der Waals surface area (Å²) in [6.45, 7) is 7.61. The minimum Gasteiger partial charge on any atom is -0.385 e. The first-order chi connectivity index (χ1) is 17.7. The van der Waals surface area contributed by atoms with Crippen molar-refractivity contribution in [3.05, 3.63) is 105 Å². The molecule has 1 heterocycles. The second kappa shape index (κ2) is 12.6. The Morgan fingerprint density at radius 2 is 1.65 bits per heavy atom. The molecule has 0 radical (unpaired) electrons. The van der Waals surface area contributed by atoms with Gasteiger partial charge in [-0.2, -0.15) is 0 Å². The Labute approximate surface area is 230 Å². The van der Waals surface area contributed by atoms with Crippen LogP contribution in [-0.4, -0.2) is 42.0 Å². The molecule has 37 heavy (non-hydrogen) atoms. The fourth-order valence-electron chi connectivity index (χ4n) is 5.33. The predicted molar refractivity (Wildman–Crippen MR) is 152 cm³/mol. The van der Waals surface area contributed by atoms with Gasteiger partial charge in [-0.15, -0.1) is 0 Å². The third-order valence-electron chi connectivity index (χ3n) is 7.34. The molecule has 0 amide bonds. The third kappa shape index (κ3) is 7.43. The molecule has 1 unspecified atom stereocenters. The first kappa shape index (κ1) is 27.8. The summed E-state index contributed by atoms with van der Waals surface area (Å²) >= 11 is 12.6. The summed E-state index contributed by atoms with van der Waals surface area (Å²) in [5.41, 5.74) is 5.67. The first-order valence-electron chi connectivity index (χ1n) is 12.9. The molecular weight excluding hydrogens is 503 g/mol. The van der Waals surface area contributed by atoms with Crippen LogP contribution in [0.3, 0.4) is 0 Å². The molecule has 0 aliphatic carbocycles. The van der Waals surface area contributed by atoms with Gasteiger partial charge < -0.3 is 14.7 Å². The number of halogens is 2. The standard InChI is InChI=1S/C31H36Cl2N2O2/c1-22-16-23(2)18-24(17-22)20-37-21-30(34)27(25-8-9-28(32)29(33)19-25)10-13-35-14-11-31(36,12-15-35)26-6-4-3-5-7-26/h3-9,16-19,27,34,36H,10-15,20-21H2,1-2H3/p+1. The summed E-state index contributed by atoms with van der Waals surface area (Å²) in [5, 5.41) is 18.9. The van der Waals surface area contributed by atoms with Crippen molar-refractivity contribution >= 4 is 28.9 Å². The van der Waals surface area contributed by atoms with E-state index in [-0.39, 0.29) is 5.92 Å².